The summed E-state index contributed by atoms with van der Waals surface area (Å²) < 4.78 is 42.6. The molecule has 6 nitrogen and oxygen atoms in total. The van der Waals surface area contributed by atoms with Crippen LogP contribution in [0.3, 0.4) is 0 Å². The summed E-state index contributed by atoms with van der Waals surface area (Å²) in [6.07, 6.45) is -0.697. The summed E-state index contributed by atoms with van der Waals surface area (Å²) in [7, 11) is 0. The smallest absolute Gasteiger partial charge is 0.416 e. The second-order valence-corrected chi connectivity index (χ2v) is 7.02. The average molecular weight is 542 g/mol. The molecule has 30 heavy (non-hydrogen) atoms. The predicted molar refractivity (Wildman–Crippen MR) is 121 cm³/mol. The zero-order chi connectivity index (χ0) is 21.3. The fourth-order valence-electron chi connectivity index (χ4n) is 3.18. The summed E-state index contributed by atoms with van der Waals surface area (Å²) in [5.41, 5.74) is 6.17. The lowest BCUT2D eigenvalue weighted by molar-refractivity contribution is -0.137. The number of unbranched alkanes of at least 4 members (excludes halogenated alkanes) is 1. The quantitative estimate of drug-likeness (QED) is 0.235. The molecule has 2 rings (SSSR count). The third-order valence-electron chi connectivity index (χ3n) is 4.81. The number of carbonyl (C=O) groups is 1. The summed E-state index contributed by atoms with van der Waals surface area (Å²) in [6, 6.07) is 5.44. The van der Waals surface area contributed by atoms with Crippen LogP contribution < -0.4 is 11.1 Å². The van der Waals surface area contributed by atoms with E-state index < -0.39 is 11.7 Å². The van der Waals surface area contributed by atoms with Crippen LogP contribution in [0.15, 0.2) is 29.3 Å². The number of ether oxygens (including phenoxy) is 1. The topological polar surface area (TPSA) is 80.0 Å². The van der Waals surface area contributed by atoms with Crippen LogP contribution in [-0.2, 0) is 17.3 Å². The van der Waals surface area contributed by atoms with E-state index >= 15 is 0 Å². The Kier molecular flexibility index (Phi) is 11.3. The number of aryl methyl sites for hydroxylation is 1. The Balaban J connectivity index is 0.00000450. The number of alkyl halides is 3. The second-order valence-electron chi connectivity index (χ2n) is 7.02. The van der Waals surface area contributed by atoms with Crippen LogP contribution >= 0.6 is 24.0 Å². The lowest BCUT2D eigenvalue weighted by Crippen LogP contribution is -2.48. The maximum atomic E-state index is 12.5. The van der Waals surface area contributed by atoms with E-state index in [0.29, 0.717) is 38.6 Å². The van der Waals surface area contributed by atoms with E-state index in [2.05, 4.69) is 10.3 Å². The molecule has 0 atom stereocenters. The molecule has 1 aromatic carbocycles. The third kappa shape index (κ3) is 8.97. The van der Waals surface area contributed by atoms with E-state index in [0.717, 1.165) is 43.4 Å². The van der Waals surface area contributed by atoms with Crippen LogP contribution in [0.1, 0.15) is 43.7 Å². The first-order valence-corrected chi connectivity index (χ1v) is 9.94. The fraction of sp³-hybridized carbons (Fsp3) is 0.600. The van der Waals surface area contributed by atoms with Crippen LogP contribution in [0, 0.1) is 0 Å². The zero-order valence-corrected chi connectivity index (χ0v) is 19.4. The number of nitrogens with two attached hydrogens (primary N) is 1. The Hall–Kier alpha value is -1.72. The molecule has 170 valence electrons. The van der Waals surface area contributed by atoms with Crippen LogP contribution in [-0.4, -0.2) is 49.2 Å². The van der Waals surface area contributed by atoms with Gasteiger partial charge in [-0.05, 0) is 56.7 Å². The third-order valence-corrected chi connectivity index (χ3v) is 4.81. The number of benzene rings is 1. The highest BCUT2D eigenvalue weighted by Crippen LogP contribution is 2.29. The summed E-state index contributed by atoms with van der Waals surface area (Å²) in [5.74, 6) is 0.383. The Bertz CT molecular complexity index is 676. The van der Waals surface area contributed by atoms with E-state index in [9.17, 15) is 18.0 Å². The Labute approximate surface area is 192 Å². The van der Waals surface area contributed by atoms with Gasteiger partial charge in [0.1, 0.15) is 0 Å². The summed E-state index contributed by atoms with van der Waals surface area (Å²) in [6.45, 7) is 3.96. The minimum Gasteiger partial charge on any atom is -0.450 e. The molecule has 1 heterocycles. The highest BCUT2D eigenvalue weighted by atomic mass is 127. The van der Waals surface area contributed by atoms with Gasteiger partial charge in [-0.3, -0.25) is 4.99 Å². The van der Waals surface area contributed by atoms with Crippen molar-refractivity contribution in [3.63, 3.8) is 0 Å². The molecular weight excluding hydrogens is 512 g/mol. The summed E-state index contributed by atoms with van der Waals surface area (Å²) >= 11 is 0. The van der Waals surface area contributed by atoms with Crippen molar-refractivity contribution >= 4 is 36.0 Å². The van der Waals surface area contributed by atoms with Gasteiger partial charge < -0.3 is 20.7 Å². The molecule has 0 bridgehead atoms. The molecule has 0 spiro atoms. The van der Waals surface area contributed by atoms with Gasteiger partial charge in [0.25, 0.3) is 0 Å². The predicted octanol–water partition coefficient (Wildman–Crippen LogP) is 4.17. The number of carbonyl (C=O) groups excluding carboxylic acids is 1. The summed E-state index contributed by atoms with van der Waals surface area (Å²) in [4.78, 5) is 17.7. The molecule has 0 radical (unpaired) electrons. The van der Waals surface area contributed by atoms with E-state index in [1.54, 1.807) is 11.8 Å². The number of nitrogens with zero attached hydrogens (tertiary/aromatic N) is 2. The van der Waals surface area contributed by atoms with Crippen LogP contribution in [0.5, 0.6) is 0 Å². The van der Waals surface area contributed by atoms with E-state index in [1.165, 1.54) is 12.1 Å². The molecule has 0 aromatic heterocycles. The zero-order valence-electron chi connectivity index (χ0n) is 17.1. The van der Waals surface area contributed by atoms with Crippen molar-refractivity contribution in [1.29, 1.82) is 0 Å². The number of rotatable bonds is 7. The van der Waals surface area contributed by atoms with Crippen LogP contribution in [0.2, 0.25) is 0 Å². The molecule has 10 heteroatoms. The molecule has 1 fully saturated rings. The first-order chi connectivity index (χ1) is 13.8. The van der Waals surface area contributed by atoms with Crippen molar-refractivity contribution in [2.45, 2.75) is 51.2 Å². The fourth-order valence-corrected chi connectivity index (χ4v) is 3.18. The van der Waals surface area contributed by atoms with Gasteiger partial charge in [0.2, 0.25) is 0 Å². The lowest BCUT2D eigenvalue weighted by atomic mass is 10.1. The number of halogens is 4. The van der Waals surface area contributed by atoms with Crippen molar-refractivity contribution in [2.24, 2.45) is 10.7 Å². The van der Waals surface area contributed by atoms with Gasteiger partial charge >= 0.3 is 12.3 Å². The van der Waals surface area contributed by atoms with Gasteiger partial charge in [-0.15, -0.1) is 24.0 Å². The Morgan fingerprint density at radius 2 is 1.87 bits per heavy atom. The molecule has 1 saturated heterocycles. The van der Waals surface area contributed by atoms with Crippen molar-refractivity contribution in [1.82, 2.24) is 10.2 Å². The molecule has 1 amide bonds. The van der Waals surface area contributed by atoms with Gasteiger partial charge in [0.05, 0.1) is 12.2 Å². The molecule has 0 unspecified atom stereocenters. The van der Waals surface area contributed by atoms with E-state index in [4.69, 9.17) is 10.5 Å². The SMILES string of the molecule is CCOC(=O)N1CCC(NC(N)=NCCCCc2ccc(C(F)(F)F)cc2)CC1.I. The number of likely N-dealkylation sites (tertiary alicyclic amines) is 1. The molecule has 0 saturated carbocycles. The molecular formula is C20H30F3IN4O2. The van der Waals surface area contributed by atoms with Crippen molar-refractivity contribution in [2.75, 3.05) is 26.2 Å². The van der Waals surface area contributed by atoms with Gasteiger partial charge in [0, 0.05) is 25.7 Å². The van der Waals surface area contributed by atoms with Crippen LogP contribution in [0.4, 0.5) is 18.0 Å². The van der Waals surface area contributed by atoms with Gasteiger partial charge in [-0.2, -0.15) is 13.2 Å². The van der Waals surface area contributed by atoms with Crippen molar-refractivity contribution < 1.29 is 22.7 Å². The minimum absolute atomic E-state index is 0. The highest BCUT2D eigenvalue weighted by molar-refractivity contribution is 14.0. The molecule has 1 aliphatic rings. The number of nitrogens with one attached hydrogen (secondary N) is 1. The average Bonchev–Trinajstić information content (AvgIpc) is 2.68. The first-order valence-electron chi connectivity index (χ1n) is 9.94. The van der Waals surface area contributed by atoms with Gasteiger partial charge in [-0.25, -0.2) is 4.79 Å². The molecule has 1 aliphatic heterocycles. The maximum Gasteiger partial charge on any atom is 0.416 e. The lowest BCUT2D eigenvalue weighted by Gasteiger charge is -2.31. The number of hydrogen-bond donors (Lipinski definition) is 2. The monoisotopic (exact) mass is 542 g/mol. The minimum atomic E-state index is -4.30. The molecule has 0 aliphatic carbocycles. The Morgan fingerprint density at radius 3 is 2.43 bits per heavy atom. The summed E-state index contributed by atoms with van der Waals surface area (Å²) in [5, 5.41) is 3.18. The Morgan fingerprint density at radius 1 is 1.23 bits per heavy atom. The number of aliphatic imine (C=N–C) groups is 1. The van der Waals surface area contributed by atoms with Crippen molar-refractivity contribution in [3.8, 4) is 0 Å². The largest absolute Gasteiger partial charge is 0.450 e. The van der Waals surface area contributed by atoms with Crippen molar-refractivity contribution in [3.05, 3.63) is 35.4 Å². The normalized spacial score (nSPS) is 15.5. The molecule has 1 aromatic rings. The molecule has 3 N–H and O–H groups in total. The number of amides is 1. The highest BCUT2D eigenvalue weighted by Gasteiger charge is 2.29. The number of guanidine groups is 1. The van der Waals surface area contributed by atoms with E-state index in [-0.39, 0.29) is 36.1 Å². The second kappa shape index (κ2) is 12.9. The van der Waals surface area contributed by atoms with E-state index in [1.807, 2.05) is 0 Å². The maximum absolute atomic E-state index is 12.5. The van der Waals surface area contributed by atoms with Gasteiger partial charge in [0.15, 0.2) is 5.96 Å². The number of hydrogen-bond acceptors (Lipinski definition) is 3. The van der Waals surface area contributed by atoms with Gasteiger partial charge in [-0.1, -0.05) is 12.1 Å². The van der Waals surface area contributed by atoms with Crippen LogP contribution in [0.25, 0.3) is 0 Å². The first kappa shape index (κ1) is 26.3. The number of piperidine rings is 1. The standard InChI is InChI=1S/C20H29F3N4O2.HI/c1-2-29-19(28)27-13-10-17(11-14-27)26-18(24)25-12-4-3-5-15-6-8-16(9-7-15)20(21,22)23;/h6-9,17H,2-5,10-14H2,1H3,(H3,24,25,26);1H.